The Morgan fingerprint density at radius 1 is 1.33 bits per heavy atom. The molecule has 12 heavy (non-hydrogen) atoms. The molecule has 2 unspecified atom stereocenters. The van der Waals surface area contributed by atoms with Crippen LogP contribution in [-0.2, 0) is 4.79 Å². The second-order valence-corrected chi connectivity index (χ2v) is 4.32. The number of hydrogen-bond donors (Lipinski definition) is 0. The Morgan fingerprint density at radius 2 is 2.00 bits per heavy atom. The molecule has 0 spiro atoms. The van der Waals surface area contributed by atoms with Gasteiger partial charge in [0.25, 0.3) is 0 Å². The van der Waals surface area contributed by atoms with Crippen molar-refractivity contribution in [3.8, 4) is 0 Å². The minimum absolute atomic E-state index is 0.107. The van der Waals surface area contributed by atoms with E-state index in [-0.39, 0.29) is 11.2 Å². The molecule has 2 aliphatic rings. The van der Waals surface area contributed by atoms with Gasteiger partial charge in [0.05, 0.1) is 0 Å². The molecule has 2 fully saturated rings. The van der Waals surface area contributed by atoms with E-state index in [4.69, 9.17) is 11.6 Å². The van der Waals surface area contributed by atoms with Gasteiger partial charge in [0.15, 0.2) is 0 Å². The summed E-state index contributed by atoms with van der Waals surface area (Å²) in [5.74, 6) is 0.107. The summed E-state index contributed by atoms with van der Waals surface area (Å²) in [6, 6.07) is 1.16. The number of piperidine rings is 1. The van der Waals surface area contributed by atoms with Crippen molar-refractivity contribution in [3.05, 3.63) is 0 Å². The van der Waals surface area contributed by atoms with Crippen LogP contribution in [0.2, 0.25) is 0 Å². The molecular formula is C9H14ClNO. The van der Waals surface area contributed by atoms with E-state index >= 15 is 0 Å². The van der Waals surface area contributed by atoms with Crippen molar-refractivity contribution in [1.29, 1.82) is 0 Å². The predicted molar refractivity (Wildman–Crippen MR) is 48.2 cm³/mol. The summed E-state index contributed by atoms with van der Waals surface area (Å²) in [6.07, 6.45) is 4.56. The van der Waals surface area contributed by atoms with E-state index < -0.39 is 0 Å². The van der Waals surface area contributed by atoms with Crippen molar-refractivity contribution in [2.24, 2.45) is 5.92 Å². The van der Waals surface area contributed by atoms with Gasteiger partial charge in [-0.05, 0) is 44.3 Å². The Balaban J connectivity index is 2.14. The molecule has 0 amide bonds. The first-order valence-corrected chi connectivity index (χ1v) is 4.99. The van der Waals surface area contributed by atoms with Gasteiger partial charge >= 0.3 is 0 Å². The van der Waals surface area contributed by atoms with Crippen LogP contribution in [0, 0.1) is 5.92 Å². The highest BCUT2D eigenvalue weighted by Crippen LogP contribution is 2.38. The summed E-state index contributed by atoms with van der Waals surface area (Å²) < 4.78 is 0. The average Bonchev–Trinajstić information content (AvgIpc) is 2.32. The second-order valence-electron chi connectivity index (χ2n) is 3.95. The van der Waals surface area contributed by atoms with E-state index in [0.29, 0.717) is 6.04 Å². The Bertz CT molecular complexity index is 207. The molecule has 2 nitrogen and oxygen atoms in total. The Morgan fingerprint density at radius 3 is 2.67 bits per heavy atom. The lowest BCUT2D eigenvalue weighted by molar-refractivity contribution is -0.118. The molecule has 2 saturated heterocycles. The summed E-state index contributed by atoms with van der Waals surface area (Å²) in [4.78, 5) is 13.4. The zero-order valence-electron chi connectivity index (χ0n) is 7.29. The fourth-order valence-corrected chi connectivity index (χ4v) is 2.96. The topological polar surface area (TPSA) is 20.3 Å². The quantitative estimate of drug-likeness (QED) is 0.582. The number of rotatable bonds is 1. The van der Waals surface area contributed by atoms with Gasteiger partial charge in [-0.1, -0.05) is 0 Å². The molecule has 2 rings (SSSR count). The summed E-state index contributed by atoms with van der Waals surface area (Å²) in [7, 11) is 2.12. The zero-order valence-corrected chi connectivity index (χ0v) is 8.05. The molecule has 3 heteroatoms. The van der Waals surface area contributed by atoms with E-state index in [2.05, 4.69) is 11.9 Å². The summed E-state index contributed by atoms with van der Waals surface area (Å²) in [6.45, 7) is 0. The molecule has 0 aliphatic carbocycles. The van der Waals surface area contributed by atoms with Crippen molar-refractivity contribution in [2.45, 2.75) is 37.8 Å². The molecule has 0 aromatic rings. The number of carbonyl (C=O) groups excluding carboxylic acids is 1. The molecule has 0 aromatic carbocycles. The second kappa shape index (κ2) is 3.00. The van der Waals surface area contributed by atoms with Crippen molar-refractivity contribution in [3.63, 3.8) is 0 Å². The van der Waals surface area contributed by atoms with Crippen LogP contribution in [-0.4, -0.2) is 29.3 Å². The lowest BCUT2D eigenvalue weighted by Gasteiger charge is -2.35. The smallest absolute Gasteiger partial charge is 0.226 e. The van der Waals surface area contributed by atoms with Crippen LogP contribution in [0.25, 0.3) is 0 Å². The van der Waals surface area contributed by atoms with E-state index in [1.165, 1.54) is 6.42 Å². The van der Waals surface area contributed by atoms with Crippen molar-refractivity contribution in [1.82, 2.24) is 4.90 Å². The maximum atomic E-state index is 11.1. The highest BCUT2D eigenvalue weighted by molar-refractivity contribution is 6.64. The Hall–Kier alpha value is -0.0800. The highest BCUT2D eigenvalue weighted by atomic mass is 35.5. The lowest BCUT2D eigenvalue weighted by Crippen LogP contribution is -2.43. The highest BCUT2D eigenvalue weighted by Gasteiger charge is 2.42. The third-order valence-corrected chi connectivity index (χ3v) is 3.74. The van der Waals surface area contributed by atoms with Gasteiger partial charge in [0.1, 0.15) is 0 Å². The summed E-state index contributed by atoms with van der Waals surface area (Å²) in [5.41, 5.74) is 0. The zero-order chi connectivity index (χ0) is 8.72. The molecule has 2 bridgehead atoms. The molecule has 3 atom stereocenters. The van der Waals surface area contributed by atoms with Gasteiger partial charge in [0.2, 0.25) is 5.24 Å². The number of fused-ring (bicyclic) bond motifs is 2. The minimum atomic E-state index is -0.132. The Kier molecular flexibility index (Phi) is 2.13. The van der Waals surface area contributed by atoms with E-state index in [0.717, 1.165) is 25.3 Å². The maximum Gasteiger partial charge on any atom is 0.226 e. The normalized spacial score (nSPS) is 41.7. The van der Waals surface area contributed by atoms with Crippen LogP contribution < -0.4 is 0 Å². The van der Waals surface area contributed by atoms with Crippen LogP contribution in [0.5, 0.6) is 0 Å². The van der Waals surface area contributed by atoms with Gasteiger partial charge in [-0.3, -0.25) is 9.69 Å². The number of hydrogen-bond acceptors (Lipinski definition) is 2. The largest absolute Gasteiger partial charge is 0.300 e. The first-order valence-electron chi connectivity index (χ1n) is 4.61. The lowest BCUT2D eigenvalue weighted by atomic mass is 9.92. The molecular weight excluding hydrogens is 174 g/mol. The third-order valence-electron chi connectivity index (χ3n) is 3.46. The van der Waals surface area contributed by atoms with E-state index in [1.54, 1.807) is 0 Å². The van der Waals surface area contributed by atoms with Gasteiger partial charge in [0, 0.05) is 18.0 Å². The summed E-state index contributed by atoms with van der Waals surface area (Å²) >= 11 is 5.55. The molecule has 0 aromatic heterocycles. The van der Waals surface area contributed by atoms with Crippen LogP contribution >= 0.6 is 11.6 Å². The van der Waals surface area contributed by atoms with Crippen LogP contribution in [0.3, 0.4) is 0 Å². The molecule has 68 valence electrons. The molecule has 2 aliphatic heterocycles. The van der Waals surface area contributed by atoms with Gasteiger partial charge in [-0.2, -0.15) is 0 Å². The molecule has 0 N–H and O–H groups in total. The van der Waals surface area contributed by atoms with Crippen molar-refractivity contribution in [2.75, 3.05) is 7.05 Å². The van der Waals surface area contributed by atoms with E-state index in [9.17, 15) is 4.79 Å². The fraction of sp³-hybridized carbons (Fsp3) is 0.889. The number of nitrogens with zero attached hydrogens (tertiary/aromatic N) is 1. The van der Waals surface area contributed by atoms with Gasteiger partial charge in [-0.25, -0.2) is 0 Å². The van der Waals surface area contributed by atoms with Crippen LogP contribution in [0.15, 0.2) is 0 Å². The fourth-order valence-electron chi connectivity index (χ4n) is 2.70. The molecule has 0 radical (unpaired) electrons. The van der Waals surface area contributed by atoms with Gasteiger partial charge in [-0.15, -0.1) is 0 Å². The minimum Gasteiger partial charge on any atom is -0.300 e. The first kappa shape index (κ1) is 8.52. The van der Waals surface area contributed by atoms with Crippen molar-refractivity contribution >= 4 is 16.8 Å². The standard InChI is InChI=1S/C9H14ClNO/c1-11-6-2-4-7(9(10)12)8(11)5-3-6/h6-8H,2-5H2,1H3/t6-,7?,8?/m0/s1. The number of carbonyl (C=O) groups is 1. The third kappa shape index (κ3) is 1.17. The van der Waals surface area contributed by atoms with Crippen LogP contribution in [0.1, 0.15) is 25.7 Å². The Labute approximate surface area is 77.9 Å². The monoisotopic (exact) mass is 187 g/mol. The summed E-state index contributed by atoms with van der Waals surface area (Å²) in [5, 5.41) is -0.132. The predicted octanol–water partition coefficient (Wildman–Crippen LogP) is 1.62. The van der Waals surface area contributed by atoms with Crippen molar-refractivity contribution < 1.29 is 4.79 Å². The average molecular weight is 188 g/mol. The molecule has 2 heterocycles. The SMILES string of the molecule is CN1C2CC[C@@H]1CCC2C(=O)Cl. The maximum absolute atomic E-state index is 11.1. The first-order chi connectivity index (χ1) is 5.70. The number of halogens is 1. The molecule has 0 saturated carbocycles. The van der Waals surface area contributed by atoms with E-state index in [1.807, 2.05) is 0 Å². The van der Waals surface area contributed by atoms with Gasteiger partial charge < -0.3 is 0 Å². The van der Waals surface area contributed by atoms with Crippen LogP contribution in [0.4, 0.5) is 0 Å².